The van der Waals surface area contributed by atoms with E-state index in [0.717, 1.165) is 35.9 Å². The lowest BCUT2D eigenvalue weighted by atomic mass is 10.1. The molecule has 7 heteroatoms. The predicted octanol–water partition coefficient (Wildman–Crippen LogP) is 4.93. The molecular formula is C26H29FN4OS. The lowest BCUT2D eigenvalue weighted by Crippen LogP contribution is -2.31. The van der Waals surface area contributed by atoms with Crippen molar-refractivity contribution in [3.63, 3.8) is 0 Å². The van der Waals surface area contributed by atoms with Crippen LogP contribution < -0.4 is 9.80 Å². The summed E-state index contributed by atoms with van der Waals surface area (Å²) in [6.07, 6.45) is 2.80. The number of nitrogens with zero attached hydrogens (tertiary/aromatic N) is 4. The van der Waals surface area contributed by atoms with Gasteiger partial charge in [0.15, 0.2) is 0 Å². The van der Waals surface area contributed by atoms with E-state index >= 15 is 0 Å². The Kier molecular flexibility index (Phi) is 7.30. The molecule has 0 bridgehead atoms. The van der Waals surface area contributed by atoms with Crippen molar-refractivity contribution in [1.82, 2.24) is 9.88 Å². The molecule has 1 saturated heterocycles. The third-order valence-electron chi connectivity index (χ3n) is 6.08. The summed E-state index contributed by atoms with van der Waals surface area (Å²) in [5.74, 6) is 0.312. The quantitative estimate of drug-likeness (QED) is 0.464. The highest BCUT2D eigenvalue weighted by molar-refractivity contribution is 7.98. The summed E-state index contributed by atoms with van der Waals surface area (Å²) < 4.78 is 14.9. The monoisotopic (exact) mass is 464 g/mol. The van der Waals surface area contributed by atoms with Gasteiger partial charge < -0.3 is 14.7 Å². The van der Waals surface area contributed by atoms with Crippen LogP contribution in [0.25, 0.3) is 0 Å². The summed E-state index contributed by atoms with van der Waals surface area (Å²) in [6, 6.07) is 18.9. The van der Waals surface area contributed by atoms with Crippen LogP contribution in [0.1, 0.15) is 22.3 Å². The van der Waals surface area contributed by atoms with E-state index in [4.69, 9.17) is 0 Å². The molecule has 0 N–H and O–H groups in total. The number of thioether (sulfide) groups is 1. The lowest BCUT2D eigenvalue weighted by molar-refractivity contribution is 0.0993. The van der Waals surface area contributed by atoms with E-state index < -0.39 is 0 Å². The van der Waals surface area contributed by atoms with Crippen molar-refractivity contribution >= 4 is 29.0 Å². The normalized spacial score (nSPS) is 15.8. The van der Waals surface area contributed by atoms with E-state index in [0.29, 0.717) is 23.0 Å². The van der Waals surface area contributed by atoms with Crippen LogP contribution in [0.3, 0.4) is 0 Å². The van der Waals surface area contributed by atoms with Gasteiger partial charge in [0, 0.05) is 49.4 Å². The van der Waals surface area contributed by atoms with Gasteiger partial charge in [0.25, 0.3) is 5.91 Å². The minimum absolute atomic E-state index is 0.167. The first-order valence-electron chi connectivity index (χ1n) is 11.0. The first-order valence-corrected chi connectivity index (χ1v) is 12.0. The van der Waals surface area contributed by atoms with E-state index in [-0.39, 0.29) is 11.7 Å². The van der Waals surface area contributed by atoms with Crippen molar-refractivity contribution in [3.8, 4) is 0 Å². The fraction of sp³-hybridized carbons (Fsp3) is 0.308. The minimum atomic E-state index is -0.298. The van der Waals surface area contributed by atoms with Gasteiger partial charge in [-0.2, -0.15) is 0 Å². The zero-order valence-corrected chi connectivity index (χ0v) is 20.1. The SMILES string of the molecule is CN(C(=O)c1ccc(CSc2ccccn2)cc1)c1ccc(N2CCC(N(C)C)C2)c(F)c1. The van der Waals surface area contributed by atoms with Gasteiger partial charge in [0.2, 0.25) is 0 Å². The Hall–Kier alpha value is -2.90. The molecule has 1 aliphatic rings. The average molecular weight is 465 g/mol. The van der Waals surface area contributed by atoms with Crippen molar-refractivity contribution in [2.45, 2.75) is 23.2 Å². The summed E-state index contributed by atoms with van der Waals surface area (Å²) >= 11 is 1.65. The summed E-state index contributed by atoms with van der Waals surface area (Å²) in [4.78, 5) is 23.0. The van der Waals surface area contributed by atoms with E-state index in [1.54, 1.807) is 31.1 Å². The molecule has 1 amide bonds. The maximum Gasteiger partial charge on any atom is 0.258 e. The standard InChI is InChI=1S/C26H29FN4OS/c1-29(2)22-13-15-31(17-22)24-12-11-21(16-23(24)27)30(3)26(32)20-9-7-19(8-10-20)18-33-25-6-4-5-14-28-25/h4-12,14,16,22H,13,15,17-18H2,1-3H3. The van der Waals surface area contributed by atoms with Crippen molar-refractivity contribution in [3.05, 3.63) is 83.8 Å². The van der Waals surface area contributed by atoms with Crippen LogP contribution >= 0.6 is 11.8 Å². The van der Waals surface area contributed by atoms with E-state index in [9.17, 15) is 9.18 Å². The maximum absolute atomic E-state index is 14.9. The van der Waals surface area contributed by atoms with Gasteiger partial charge in [-0.1, -0.05) is 18.2 Å². The number of anilines is 2. The fourth-order valence-electron chi connectivity index (χ4n) is 3.99. The number of carbonyl (C=O) groups excluding carboxylic acids is 1. The number of aromatic nitrogens is 1. The second kappa shape index (κ2) is 10.4. The Morgan fingerprint density at radius 3 is 2.55 bits per heavy atom. The number of benzene rings is 2. The lowest BCUT2D eigenvalue weighted by Gasteiger charge is -2.23. The van der Waals surface area contributed by atoms with Crippen LogP contribution in [0, 0.1) is 5.82 Å². The Morgan fingerprint density at radius 2 is 1.91 bits per heavy atom. The first-order chi connectivity index (χ1) is 15.9. The second-order valence-corrected chi connectivity index (χ2v) is 9.50. The maximum atomic E-state index is 14.9. The topological polar surface area (TPSA) is 39.7 Å². The smallest absolute Gasteiger partial charge is 0.258 e. The van der Waals surface area contributed by atoms with Crippen LogP contribution in [0.4, 0.5) is 15.8 Å². The number of hydrogen-bond acceptors (Lipinski definition) is 5. The molecule has 5 nitrogen and oxygen atoms in total. The third-order valence-corrected chi connectivity index (χ3v) is 7.10. The Bertz CT molecular complexity index is 1090. The minimum Gasteiger partial charge on any atom is -0.368 e. The number of amides is 1. The van der Waals surface area contributed by atoms with E-state index in [2.05, 4.69) is 28.9 Å². The van der Waals surface area contributed by atoms with Gasteiger partial charge in [-0.3, -0.25) is 4.79 Å². The Labute approximate surface area is 199 Å². The van der Waals surface area contributed by atoms with Crippen molar-refractivity contribution in [1.29, 1.82) is 0 Å². The van der Waals surface area contributed by atoms with Crippen LogP contribution in [-0.4, -0.2) is 56.1 Å². The zero-order valence-electron chi connectivity index (χ0n) is 19.2. The summed E-state index contributed by atoms with van der Waals surface area (Å²) in [5.41, 5.74) is 2.82. The molecule has 2 aromatic carbocycles. The molecule has 0 aliphatic carbocycles. The largest absolute Gasteiger partial charge is 0.368 e. The molecule has 1 fully saturated rings. The van der Waals surface area contributed by atoms with E-state index in [1.165, 1.54) is 11.0 Å². The molecule has 1 aromatic heterocycles. The number of likely N-dealkylation sites (N-methyl/N-ethyl adjacent to an activating group) is 1. The highest BCUT2D eigenvalue weighted by Gasteiger charge is 2.26. The van der Waals surface area contributed by atoms with Gasteiger partial charge >= 0.3 is 0 Å². The van der Waals surface area contributed by atoms with Crippen molar-refractivity contribution in [2.24, 2.45) is 0 Å². The van der Waals surface area contributed by atoms with Crippen LogP contribution in [0.5, 0.6) is 0 Å². The Balaban J connectivity index is 1.40. The first kappa shape index (κ1) is 23.3. The van der Waals surface area contributed by atoms with Gasteiger partial charge in [-0.25, -0.2) is 9.37 Å². The molecule has 33 heavy (non-hydrogen) atoms. The molecule has 1 unspecified atom stereocenters. The molecule has 0 saturated carbocycles. The predicted molar refractivity (Wildman–Crippen MR) is 134 cm³/mol. The molecule has 172 valence electrons. The van der Waals surface area contributed by atoms with Crippen LogP contribution in [0.2, 0.25) is 0 Å². The summed E-state index contributed by atoms with van der Waals surface area (Å²) in [7, 11) is 5.79. The third kappa shape index (κ3) is 5.54. The zero-order chi connectivity index (χ0) is 23.4. The number of hydrogen-bond donors (Lipinski definition) is 0. The molecule has 1 aliphatic heterocycles. The number of pyridine rings is 1. The molecule has 0 spiro atoms. The number of rotatable bonds is 7. The highest BCUT2D eigenvalue weighted by atomic mass is 32.2. The number of halogens is 1. The highest BCUT2D eigenvalue weighted by Crippen LogP contribution is 2.29. The van der Waals surface area contributed by atoms with Crippen LogP contribution in [0.15, 0.2) is 71.9 Å². The van der Waals surface area contributed by atoms with E-state index in [1.807, 2.05) is 48.5 Å². The molecular weight excluding hydrogens is 435 g/mol. The molecule has 0 radical (unpaired) electrons. The van der Waals surface area contributed by atoms with Gasteiger partial charge in [0.1, 0.15) is 5.82 Å². The van der Waals surface area contributed by atoms with Crippen LogP contribution in [-0.2, 0) is 5.75 Å². The summed E-state index contributed by atoms with van der Waals surface area (Å²) in [6.45, 7) is 1.64. The van der Waals surface area contributed by atoms with Crippen molar-refractivity contribution < 1.29 is 9.18 Å². The summed E-state index contributed by atoms with van der Waals surface area (Å²) in [5, 5.41) is 0.967. The van der Waals surface area contributed by atoms with Gasteiger partial charge in [0.05, 0.1) is 10.7 Å². The molecule has 2 heterocycles. The fourth-order valence-corrected chi connectivity index (χ4v) is 4.80. The molecule has 1 atom stereocenters. The molecule has 3 aromatic rings. The molecule has 4 rings (SSSR count). The number of carbonyl (C=O) groups is 1. The Morgan fingerprint density at radius 1 is 1.12 bits per heavy atom. The van der Waals surface area contributed by atoms with Gasteiger partial charge in [-0.15, -0.1) is 11.8 Å². The van der Waals surface area contributed by atoms with Crippen molar-refractivity contribution in [2.75, 3.05) is 44.0 Å². The average Bonchev–Trinajstić information content (AvgIpc) is 3.33. The second-order valence-electron chi connectivity index (χ2n) is 8.51. The van der Waals surface area contributed by atoms with Gasteiger partial charge in [-0.05, 0) is 68.5 Å².